The Bertz CT molecular complexity index is 598. The van der Waals surface area contributed by atoms with Crippen molar-refractivity contribution < 1.29 is 14.4 Å². The minimum absolute atomic E-state index is 0.0306. The highest BCUT2D eigenvalue weighted by molar-refractivity contribution is 5.88. The molecule has 1 aromatic heterocycles. The van der Waals surface area contributed by atoms with Crippen molar-refractivity contribution in [1.29, 1.82) is 0 Å². The van der Waals surface area contributed by atoms with Gasteiger partial charge in [-0.05, 0) is 13.0 Å². The Labute approximate surface area is 135 Å². The standard InChI is InChI=1S/C15H23N5O3/c1-11-4-6-17-20(11)7-5-14(22)18-8-9-19(12(2)21)13(10-18)15(23)16-3/h4,6,13H,5,7-10H2,1-3H3,(H,16,23)/t13-/m0/s1. The number of carbonyl (C=O) groups excluding carboxylic acids is 3. The zero-order valence-electron chi connectivity index (χ0n) is 13.8. The van der Waals surface area contributed by atoms with Gasteiger partial charge in [0.25, 0.3) is 0 Å². The molecule has 0 bridgehead atoms. The Morgan fingerprint density at radius 2 is 2.09 bits per heavy atom. The van der Waals surface area contributed by atoms with E-state index < -0.39 is 6.04 Å². The molecule has 3 amide bonds. The van der Waals surface area contributed by atoms with Crippen molar-refractivity contribution in [2.45, 2.75) is 32.9 Å². The normalized spacial score (nSPS) is 18.0. The molecule has 2 rings (SSSR count). The summed E-state index contributed by atoms with van der Waals surface area (Å²) in [5.74, 6) is -0.435. The molecule has 0 aromatic carbocycles. The van der Waals surface area contributed by atoms with Crippen LogP contribution in [0.3, 0.4) is 0 Å². The van der Waals surface area contributed by atoms with Crippen LogP contribution in [0, 0.1) is 6.92 Å². The minimum Gasteiger partial charge on any atom is -0.357 e. The maximum atomic E-state index is 12.4. The average molecular weight is 321 g/mol. The lowest BCUT2D eigenvalue weighted by Crippen LogP contribution is -2.60. The first kappa shape index (κ1) is 17.0. The molecule has 8 heteroatoms. The van der Waals surface area contributed by atoms with E-state index in [0.717, 1.165) is 5.69 Å². The summed E-state index contributed by atoms with van der Waals surface area (Å²) in [6, 6.07) is 1.26. The molecule has 0 saturated carbocycles. The third kappa shape index (κ3) is 3.88. The summed E-state index contributed by atoms with van der Waals surface area (Å²) in [4.78, 5) is 39.2. The van der Waals surface area contributed by atoms with Crippen LogP contribution in [0.4, 0.5) is 0 Å². The molecule has 23 heavy (non-hydrogen) atoms. The fourth-order valence-corrected chi connectivity index (χ4v) is 2.77. The second-order valence-corrected chi connectivity index (χ2v) is 5.63. The quantitative estimate of drug-likeness (QED) is 0.801. The Morgan fingerprint density at radius 3 is 2.65 bits per heavy atom. The SMILES string of the molecule is CNC(=O)[C@@H]1CN(C(=O)CCn2nccc2C)CCN1C(C)=O. The maximum Gasteiger partial charge on any atom is 0.244 e. The first-order valence-electron chi connectivity index (χ1n) is 7.69. The molecule has 1 atom stereocenters. The van der Waals surface area contributed by atoms with Crippen LogP contribution in [-0.4, -0.2) is 70.0 Å². The largest absolute Gasteiger partial charge is 0.357 e. The number of nitrogens with one attached hydrogen (secondary N) is 1. The molecule has 8 nitrogen and oxygen atoms in total. The number of rotatable bonds is 4. The molecule has 1 aliphatic rings. The van der Waals surface area contributed by atoms with Gasteiger partial charge >= 0.3 is 0 Å². The van der Waals surface area contributed by atoms with Crippen molar-refractivity contribution in [3.05, 3.63) is 18.0 Å². The van der Waals surface area contributed by atoms with E-state index in [4.69, 9.17) is 0 Å². The Morgan fingerprint density at radius 1 is 1.35 bits per heavy atom. The number of nitrogens with zero attached hydrogens (tertiary/aromatic N) is 4. The molecule has 1 saturated heterocycles. The van der Waals surface area contributed by atoms with Gasteiger partial charge in [0.2, 0.25) is 17.7 Å². The highest BCUT2D eigenvalue weighted by atomic mass is 16.2. The third-order valence-corrected chi connectivity index (χ3v) is 4.15. The number of hydrogen-bond acceptors (Lipinski definition) is 4. The predicted molar refractivity (Wildman–Crippen MR) is 83.4 cm³/mol. The highest BCUT2D eigenvalue weighted by Gasteiger charge is 2.34. The second-order valence-electron chi connectivity index (χ2n) is 5.63. The summed E-state index contributed by atoms with van der Waals surface area (Å²) in [6.07, 6.45) is 2.02. The van der Waals surface area contributed by atoms with Gasteiger partial charge in [-0.2, -0.15) is 5.10 Å². The molecule has 1 aromatic rings. The van der Waals surface area contributed by atoms with Crippen molar-refractivity contribution in [2.75, 3.05) is 26.7 Å². The van der Waals surface area contributed by atoms with Crippen molar-refractivity contribution in [3.63, 3.8) is 0 Å². The van der Waals surface area contributed by atoms with Crippen molar-refractivity contribution in [1.82, 2.24) is 24.9 Å². The van der Waals surface area contributed by atoms with Crippen LogP contribution in [0.25, 0.3) is 0 Å². The fourth-order valence-electron chi connectivity index (χ4n) is 2.77. The van der Waals surface area contributed by atoms with Gasteiger partial charge in [0, 0.05) is 51.9 Å². The van der Waals surface area contributed by atoms with Crippen LogP contribution in [0.2, 0.25) is 0 Å². The summed E-state index contributed by atoms with van der Waals surface area (Å²) in [5, 5.41) is 6.71. The lowest BCUT2D eigenvalue weighted by molar-refractivity contribution is -0.147. The molecular weight excluding hydrogens is 298 g/mol. The lowest BCUT2D eigenvalue weighted by atomic mass is 10.1. The van der Waals surface area contributed by atoms with E-state index >= 15 is 0 Å². The first-order valence-corrected chi connectivity index (χ1v) is 7.69. The Hall–Kier alpha value is -2.38. The number of aromatic nitrogens is 2. The van der Waals surface area contributed by atoms with Gasteiger partial charge in [-0.15, -0.1) is 0 Å². The Balaban J connectivity index is 1.97. The monoisotopic (exact) mass is 321 g/mol. The fraction of sp³-hybridized carbons (Fsp3) is 0.600. The van der Waals surface area contributed by atoms with Crippen molar-refractivity contribution >= 4 is 17.7 Å². The summed E-state index contributed by atoms with van der Waals surface area (Å²) >= 11 is 0. The molecule has 0 radical (unpaired) electrons. The number of amides is 3. The molecule has 0 unspecified atom stereocenters. The van der Waals surface area contributed by atoms with E-state index in [1.54, 1.807) is 15.8 Å². The number of carbonyl (C=O) groups is 3. The molecule has 0 spiro atoms. The van der Waals surface area contributed by atoms with Gasteiger partial charge in [-0.3, -0.25) is 19.1 Å². The highest BCUT2D eigenvalue weighted by Crippen LogP contribution is 2.12. The number of hydrogen-bond donors (Lipinski definition) is 1. The van der Waals surface area contributed by atoms with Gasteiger partial charge in [0.1, 0.15) is 6.04 Å². The van der Waals surface area contributed by atoms with Gasteiger partial charge < -0.3 is 15.1 Å². The average Bonchev–Trinajstić information content (AvgIpc) is 2.96. The zero-order chi connectivity index (χ0) is 17.0. The third-order valence-electron chi connectivity index (χ3n) is 4.15. The number of likely N-dealkylation sites (N-methyl/N-ethyl adjacent to an activating group) is 1. The maximum absolute atomic E-state index is 12.4. The first-order chi connectivity index (χ1) is 10.9. The summed E-state index contributed by atoms with van der Waals surface area (Å²) in [7, 11) is 1.53. The van der Waals surface area contributed by atoms with Gasteiger partial charge in [-0.25, -0.2) is 0 Å². The van der Waals surface area contributed by atoms with E-state index in [2.05, 4.69) is 10.4 Å². The smallest absolute Gasteiger partial charge is 0.244 e. The number of piperazine rings is 1. The van der Waals surface area contributed by atoms with Crippen LogP contribution in [0.5, 0.6) is 0 Å². The van der Waals surface area contributed by atoms with E-state index in [9.17, 15) is 14.4 Å². The van der Waals surface area contributed by atoms with E-state index in [1.807, 2.05) is 13.0 Å². The summed E-state index contributed by atoms with van der Waals surface area (Å²) in [6.45, 7) is 4.94. The molecule has 2 heterocycles. The van der Waals surface area contributed by atoms with E-state index in [1.165, 1.54) is 18.9 Å². The Kier molecular flexibility index (Phi) is 5.36. The molecule has 1 fully saturated rings. The minimum atomic E-state index is -0.623. The summed E-state index contributed by atoms with van der Waals surface area (Å²) in [5.41, 5.74) is 1.00. The van der Waals surface area contributed by atoms with Crippen LogP contribution in [0.1, 0.15) is 19.0 Å². The van der Waals surface area contributed by atoms with Gasteiger partial charge in [0.05, 0.1) is 6.54 Å². The second kappa shape index (κ2) is 7.26. The van der Waals surface area contributed by atoms with Crippen LogP contribution < -0.4 is 5.32 Å². The lowest BCUT2D eigenvalue weighted by Gasteiger charge is -2.40. The van der Waals surface area contributed by atoms with E-state index in [0.29, 0.717) is 26.1 Å². The number of aryl methyl sites for hydroxylation is 2. The van der Waals surface area contributed by atoms with Gasteiger partial charge in [0.15, 0.2) is 0 Å². The molecule has 1 N–H and O–H groups in total. The topological polar surface area (TPSA) is 87.5 Å². The molecule has 0 aliphatic carbocycles. The van der Waals surface area contributed by atoms with E-state index in [-0.39, 0.29) is 24.3 Å². The molecule has 126 valence electrons. The van der Waals surface area contributed by atoms with Gasteiger partial charge in [-0.1, -0.05) is 0 Å². The van der Waals surface area contributed by atoms with Crippen molar-refractivity contribution in [2.24, 2.45) is 0 Å². The molecule has 1 aliphatic heterocycles. The van der Waals surface area contributed by atoms with Crippen LogP contribution >= 0.6 is 0 Å². The zero-order valence-corrected chi connectivity index (χ0v) is 13.8. The van der Waals surface area contributed by atoms with Crippen LogP contribution in [0.15, 0.2) is 12.3 Å². The predicted octanol–water partition coefficient (Wildman–Crippen LogP) is -0.613. The summed E-state index contributed by atoms with van der Waals surface area (Å²) < 4.78 is 1.78. The molecular formula is C15H23N5O3. The van der Waals surface area contributed by atoms with Crippen molar-refractivity contribution in [3.8, 4) is 0 Å². The van der Waals surface area contributed by atoms with Crippen LogP contribution in [-0.2, 0) is 20.9 Å².